The van der Waals surface area contributed by atoms with E-state index in [-0.39, 0.29) is 0 Å². The Labute approximate surface area is 87.0 Å². The molecule has 2 heteroatoms. The first-order chi connectivity index (χ1) is 6.59. The predicted octanol–water partition coefficient (Wildman–Crippen LogP) is 2.81. The monoisotopic (exact) mass is 198 g/mol. The van der Waals surface area contributed by atoms with Crippen LogP contribution in [0.1, 0.15) is 46.5 Å². The summed E-state index contributed by atoms with van der Waals surface area (Å²) in [7, 11) is 1.69. The summed E-state index contributed by atoms with van der Waals surface area (Å²) in [6.07, 6.45) is 3.81. The zero-order valence-electron chi connectivity index (χ0n) is 9.80. The van der Waals surface area contributed by atoms with E-state index in [9.17, 15) is 4.79 Å². The Kier molecular flexibility index (Phi) is 3.71. The van der Waals surface area contributed by atoms with Crippen LogP contribution in [-0.2, 0) is 9.53 Å². The van der Waals surface area contributed by atoms with E-state index in [1.165, 1.54) is 0 Å². The van der Waals surface area contributed by atoms with Gasteiger partial charge >= 0.3 is 0 Å². The highest BCUT2D eigenvalue weighted by Crippen LogP contribution is 2.44. The van der Waals surface area contributed by atoms with E-state index in [1.807, 2.05) is 6.92 Å². The fraction of sp³-hybridized carbons (Fsp3) is 0.917. The number of carbonyl (C=O) groups excluding carboxylic acids is 1. The molecule has 82 valence electrons. The molecule has 0 aliphatic heterocycles. The molecule has 1 rings (SSSR count). The van der Waals surface area contributed by atoms with Gasteiger partial charge in [-0.15, -0.1) is 0 Å². The molecule has 1 aliphatic rings. The maximum absolute atomic E-state index is 12.1. The van der Waals surface area contributed by atoms with E-state index in [0.29, 0.717) is 24.0 Å². The largest absolute Gasteiger partial charge is 0.370 e. The average molecular weight is 198 g/mol. The SMILES string of the molecule is CCCC(=O)C1(OC)C(C)CCC1C. The lowest BCUT2D eigenvalue weighted by atomic mass is 9.80. The van der Waals surface area contributed by atoms with Crippen molar-refractivity contribution in [3.8, 4) is 0 Å². The van der Waals surface area contributed by atoms with Gasteiger partial charge in [-0.05, 0) is 31.1 Å². The Bertz CT molecular complexity index is 200. The molecule has 0 aromatic rings. The van der Waals surface area contributed by atoms with Crippen molar-refractivity contribution in [2.75, 3.05) is 7.11 Å². The second-order valence-corrected chi connectivity index (χ2v) is 4.55. The molecule has 14 heavy (non-hydrogen) atoms. The number of rotatable bonds is 4. The Morgan fingerprint density at radius 2 is 1.86 bits per heavy atom. The molecule has 1 aliphatic carbocycles. The smallest absolute Gasteiger partial charge is 0.165 e. The molecule has 0 bridgehead atoms. The Balaban J connectivity index is 2.88. The molecule has 0 heterocycles. The van der Waals surface area contributed by atoms with Crippen LogP contribution in [0.4, 0.5) is 0 Å². The molecule has 0 radical (unpaired) electrons. The van der Waals surface area contributed by atoms with Gasteiger partial charge in [0.25, 0.3) is 0 Å². The first-order valence-corrected chi connectivity index (χ1v) is 5.68. The summed E-state index contributed by atoms with van der Waals surface area (Å²) in [6.45, 7) is 6.33. The van der Waals surface area contributed by atoms with E-state index >= 15 is 0 Å². The van der Waals surface area contributed by atoms with Crippen LogP contribution in [0.3, 0.4) is 0 Å². The van der Waals surface area contributed by atoms with Gasteiger partial charge in [0.1, 0.15) is 5.60 Å². The van der Waals surface area contributed by atoms with Gasteiger partial charge < -0.3 is 4.74 Å². The van der Waals surface area contributed by atoms with Crippen molar-refractivity contribution in [2.24, 2.45) is 11.8 Å². The third-order valence-corrected chi connectivity index (χ3v) is 3.75. The maximum atomic E-state index is 12.1. The highest BCUT2D eigenvalue weighted by atomic mass is 16.5. The summed E-state index contributed by atoms with van der Waals surface area (Å²) in [6, 6.07) is 0. The second kappa shape index (κ2) is 4.43. The minimum atomic E-state index is -0.476. The molecule has 1 fully saturated rings. The number of ketones is 1. The third kappa shape index (κ3) is 1.60. The second-order valence-electron chi connectivity index (χ2n) is 4.55. The number of methoxy groups -OCH3 is 1. The molecule has 0 saturated heterocycles. The van der Waals surface area contributed by atoms with Gasteiger partial charge in [-0.3, -0.25) is 4.79 Å². The fourth-order valence-corrected chi connectivity index (χ4v) is 2.90. The van der Waals surface area contributed by atoms with E-state index in [2.05, 4.69) is 13.8 Å². The van der Waals surface area contributed by atoms with E-state index in [1.54, 1.807) is 7.11 Å². The molecule has 0 aromatic carbocycles. The highest BCUT2D eigenvalue weighted by molar-refractivity contribution is 5.88. The standard InChI is InChI=1S/C12H22O2/c1-5-6-11(13)12(14-4)9(2)7-8-10(12)3/h9-10H,5-8H2,1-4H3. The Morgan fingerprint density at radius 1 is 1.36 bits per heavy atom. The van der Waals surface area contributed by atoms with E-state index in [0.717, 1.165) is 19.3 Å². The van der Waals surface area contributed by atoms with E-state index in [4.69, 9.17) is 4.74 Å². The summed E-state index contributed by atoms with van der Waals surface area (Å²) >= 11 is 0. The van der Waals surface area contributed by atoms with Gasteiger partial charge in [0.05, 0.1) is 0 Å². The Morgan fingerprint density at radius 3 is 2.21 bits per heavy atom. The lowest BCUT2D eigenvalue weighted by Crippen LogP contribution is -2.47. The fourth-order valence-electron chi connectivity index (χ4n) is 2.90. The average Bonchev–Trinajstić information content (AvgIpc) is 2.44. The quantitative estimate of drug-likeness (QED) is 0.694. The van der Waals surface area contributed by atoms with Crippen molar-refractivity contribution in [2.45, 2.75) is 52.1 Å². The van der Waals surface area contributed by atoms with Crippen LogP contribution in [0.2, 0.25) is 0 Å². The van der Waals surface area contributed by atoms with Crippen molar-refractivity contribution in [1.29, 1.82) is 0 Å². The maximum Gasteiger partial charge on any atom is 0.165 e. The van der Waals surface area contributed by atoms with Gasteiger partial charge in [0.15, 0.2) is 5.78 Å². The van der Waals surface area contributed by atoms with Gasteiger partial charge in [-0.25, -0.2) is 0 Å². The molecule has 2 unspecified atom stereocenters. The number of Topliss-reactive ketones (excluding diaryl/α,β-unsaturated/α-hetero) is 1. The normalized spacial score (nSPS) is 37.4. The molecule has 1 saturated carbocycles. The first kappa shape index (κ1) is 11.7. The summed E-state index contributed by atoms with van der Waals surface area (Å²) in [5, 5.41) is 0. The highest BCUT2D eigenvalue weighted by Gasteiger charge is 2.51. The van der Waals surface area contributed by atoms with Gasteiger partial charge in [0, 0.05) is 13.5 Å². The predicted molar refractivity (Wildman–Crippen MR) is 57.2 cm³/mol. The van der Waals surface area contributed by atoms with Crippen LogP contribution in [0, 0.1) is 11.8 Å². The van der Waals surface area contributed by atoms with Crippen LogP contribution in [0.15, 0.2) is 0 Å². The lowest BCUT2D eigenvalue weighted by molar-refractivity contribution is -0.150. The number of carbonyl (C=O) groups is 1. The number of ether oxygens (including phenoxy) is 1. The minimum absolute atomic E-state index is 0.306. The van der Waals surface area contributed by atoms with Gasteiger partial charge in [0.2, 0.25) is 0 Å². The number of hydrogen-bond acceptors (Lipinski definition) is 2. The topological polar surface area (TPSA) is 26.3 Å². The molecule has 2 atom stereocenters. The molecule has 0 amide bonds. The van der Waals surface area contributed by atoms with Gasteiger partial charge in [-0.1, -0.05) is 20.8 Å². The first-order valence-electron chi connectivity index (χ1n) is 5.68. The molecule has 0 aromatic heterocycles. The lowest BCUT2D eigenvalue weighted by Gasteiger charge is -2.34. The van der Waals surface area contributed by atoms with Crippen molar-refractivity contribution in [3.63, 3.8) is 0 Å². The molecule has 0 N–H and O–H groups in total. The molecule has 2 nitrogen and oxygen atoms in total. The van der Waals surface area contributed by atoms with Crippen LogP contribution in [0.25, 0.3) is 0 Å². The van der Waals surface area contributed by atoms with Crippen molar-refractivity contribution < 1.29 is 9.53 Å². The molecular weight excluding hydrogens is 176 g/mol. The third-order valence-electron chi connectivity index (χ3n) is 3.75. The number of hydrogen-bond donors (Lipinski definition) is 0. The van der Waals surface area contributed by atoms with E-state index < -0.39 is 5.60 Å². The summed E-state index contributed by atoms with van der Waals surface area (Å²) < 4.78 is 5.59. The zero-order chi connectivity index (χ0) is 10.8. The van der Waals surface area contributed by atoms with Gasteiger partial charge in [-0.2, -0.15) is 0 Å². The Hall–Kier alpha value is -0.370. The van der Waals surface area contributed by atoms with Crippen LogP contribution in [-0.4, -0.2) is 18.5 Å². The summed E-state index contributed by atoms with van der Waals surface area (Å²) in [5.41, 5.74) is -0.476. The summed E-state index contributed by atoms with van der Waals surface area (Å²) in [5.74, 6) is 1.06. The zero-order valence-corrected chi connectivity index (χ0v) is 9.80. The molecular formula is C12H22O2. The van der Waals surface area contributed by atoms with Crippen molar-refractivity contribution >= 4 is 5.78 Å². The van der Waals surface area contributed by atoms with Crippen LogP contribution in [0.5, 0.6) is 0 Å². The van der Waals surface area contributed by atoms with Crippen molar-refractivity contribution in [3.05, 3.63) is 0 Å². The summed E-state index contributed by atoms with van der Waals surface area (Å²) in [4.78, 5) is 12.1. The van der Waals surface area contributed by atoms with Crippen LogP contribution >= 0.6 is 0 Å². The van der Waals surface area contributed by atoms with Crippen molar-refractivity contribution in [1.82, 2.24) is 0 Å². The van der Waals surface area contributed by atoms with Crippen LogP contribution < -0.4 is 0 Å². The molecule has 0 spiro atoms. The minimum Gasteiger partial charge on any atom is -0.370 e.